The molecule has 2 N–H and O–H groups in total. The average Bonchev–Trinajstić information content (AvgIpc) is 2.57. The van der Waals surface area contributed by atoms with E-state index in [1.165, 1.54) is 11.6 Å². The van der Waals surface area contributed by atoms with E-state index in [9.17, 15) is 14.4 Å². The number of carboxylic acid groups (broad SMARTS) is 1. The highest BCUT2D eigenvalue weighted by Gasteiger charge is 2.20. The number of fused-ring (bicyclic) bond motifs is 1. The number of carbonyl (C=O) groups excluding carboxylic acids is 1. The number of unbranched alkanes of at least 4 members (excludes halogenated alkanes) is 2. The zero-order chi connectivity index (χ0) is 17.7. The third-order valence-electron chi connectivity index (χ3n) is 3.77. The van der Waals surface area contributed by atoms with Crippen LogP contribution in [-0.2, 0) is 11.3 Å². The molecule has 0 aliphatic heterocycles. The molecule has 2 aromatic rings. The second kappa shape index (κ2) is 7.72. The van der Waals surface area contributed by atoms with E-state index in [0.29, 0.717) is 17.3 Å². The molecular weight excluding hydrogens is 310 g/mol. The van der Waals surface area contributed by atoms with Gasteiger partial charge in [0, 0.05) is 11.9 Å². The topological polar surface area (TPSA) is 101 Å². The van der Waals surface area contributed by atoms with Gasteiger partial charge in [0.2, 0.25) is 0 Å². The van der Waals surface area contributed by atoms with E-state index in [-0.39, 0.29) is 11.3 Å². The lowest BCUT2D eigenvalue weighted by Gasteiger charge is -2.13. The summed E-state index contributed by atoms with van der Waals surface area (Å²) in [5, 5.41) is 16.3. The number of aromatic nitrogens is 2. The second-order valence-corrected chi connectivity index (χ2v) is 5.66. The maximum absolute atomic E-state index is 12.5. The van der Waals surface area contributed by atoms with E-state index in [1.54, 1.807) is 24.3 Å². The highest BCUT2D eigenvalue weighted by atomic mass is 16.4. The molecule has 7 nitrogen and oxygen atoms in total. The molecule has 0 saturated carbocycles. The number of carboxylic acids is 1. The first kappa shape index (κ1) is 17.7. The Kier molecular flexibility index (Phi) is 5.68. The number of hydrogen-bond acceptors (Lipinski definition) is 4. The van der Waals surface area contributed by atoms with Crippen molar-refractivity contribution < 1.29 is 14.7 Å². The van der Waals surface area contributed by atoms with E-state index in [1.807, 2.05) is 0 Å². The van der Waals surface area contributed by atoms with E-state index >= 15 is 0 Å². The van der Waals surface area contributed by atoms with Crippen LogP contribution in [0, 0.1) is 0 Å². The normalized spacial score (nSPS) is 12.1. The van der Waals surface area contributed by atoms with Gasteiger partial charge in [-0.25, -0.2) is 4.68 Å². The van der Waals surface area contributed by atoms with Crippen molar-refractivity contribution in [1.29, 1.82) is 0 Å². The van der Waals surface area contributed by atoms with Crippen LogP contribution in [0.2, 0.25) is 0 Å². The van der Waals surface area contributed by atoms with Crippen molar-refractivity contribution in [2.75, 3.05) is 0 Å². The fraction of sp³-hybridized carbons (Fsp3) is 0.412. The van der Waals surface area contributed by atoms with Crippen molar-refractivity contribution in [2.24, 2.45) is 0 Å². The molecule has 24 heavy (non-hydrogen) atoms. The zero-order valence-corrected chi connectivity index (χ0v) is 13.8. The predicted octanol–water partition coefficient (Wildman–Crippen LogP) is 1.79. The summed E-state index contributed by atoms with van der Waals surface area (Å²) in [6.45, 7) is 3.86. The van der Waals surface area contributed by atoms with Gasteiger partial charge < -0.3 is 10.4 Å². The Morgan fingerprint density at radius 1 is 1.25 bits per heavy atom. The van der Waals surface area contributed by atoms with Gasteiger partial charge in [0.1, 0.15) is 6.04 Å². The largest absolute Gasteiger partial charge is 0.480 e. The summed E-state index contributed by atoms with van der Waals surface area (Å²) in [7, 11) is 0. The van der Waals surface area contributed by atoms with Crippen molar-refractivity contribution in [2.45, 2.75) is 45.7 Å². The van der Waals surface area contributed by atoms with Crippen molar-refractivity contribution >= 4 is 22.6 Å². The lowest BCUT2D eigenvalue weighted by molar-refractivity contribution is -0.138. The van der Waals surface area contributed by atoms with Crippen LogP contribution in [0.5, 0.6) is 0 Å². The summed E-state index contributed by atoms with van der Waals surface area (Å²) in [5.41, 5.74) is -0.181. The minimum Gasteiger partial charge on any atom is -0.480 e. The predicted molar refractivity (Wildman–Crippen MR) is 90.1 cm³/mol. The Morgan fingerprint density at radius 2 is 1.92 bits per heavy atom. The number of nitrogens with zero attached hydrogens (tertiary/aromatic N) is 2. The van der Waals surface area contributed by atoms with Gasteiger partial charge in [-0.3, -0.25) is 14.4 Å². The first-order chi connectivity index (χ1) is 11.5. The molecular formula is C17H21N3O4. The van der Waals surface area contributed by atoms with Crippen molar-refractivity contribution in [3.05, 3.63) is 40.3 Å². The van der Waals surface area contributed by atoms with Gasteiger partial charge in [0.05, 0.1) is 5.39 Å². The monoisotopic (exact) mass is 331 g/mol. The van der Waals surface area contributed by atoms with Gasteiger partial charge in [-0.1, -0.05) is 38.0 Å². The SMILES string of the molecule is CCCCCn1nc(C(=O)NC(C)C(=O)O)c2ccccc2c1=O. The summed E-state index contributed by atoms with van der Waals surface area (Å²) < 4.78 is 1.29. The van der Waals surface area contributed by atoms with Gasteiger partial charge in [-0.15, -0.1) is 0 Å². The van der Waals surface area contributed by atoms with E-state index in [4.69, 9.17) is 5.11 Å². The number of nitrogens with one attached hydrogen (secondary N) is 1. The molecule has 1 aromatic heterocycles. The quantitative estimate of drug-likeness (QED) is 0.753. The molecule has 1 aromatic carbocycles. The van der Waals surface area contributed by atoms with E-state index in [0.717, 1.165) is 19.3 Å². The molecule has 0 bridgehead atoms. The Hall–Kier alpha value is -2.70. The minimum atomic E-state index is -1.14. The van der Waals surface area contributed by atoms with Gasteiger partial charge in [0.15, 0.2) is 5.69 Å². The van der Waals surface area contributed by atoms with Crippen molar-refractivity contribution in [3.63, 3.8) is 0 Å². The molecule has 0 saturated heterocycles. The third kappa shape index (κ3) is 3.79. The summed E-state index contributed by atoms with van der Waals surface area (Å²) in [4.78, 5) is 35.9. The number of benzene rings is 1. The molecule has 1 atom stereocenters. The third-order valence-corrected chi connectivity index (χ3v) is 3.77. The van der Waals surface area contributed by atoms with E-state index in [2.05, 4.69) is 17.3 Å². The van der Waals surface area contributed by atoms with Crippen LogP contribution < -0.4 is 10.9 Å². The number of rotatable bonds is 7. The molecule has 2 rings (SSSR count). The highest BCUT2D eigenvalue weighted by Crippen LogP contribution is 2.13. The van der Waals surface area contributed by atoms with E-state index < -0.39 is 17.9 Å². The van der Waals surface area contributed by atoms with Gasteiger partial charge in [-0.05, 0) is 19.4 Å². The summed E-state index contributed by atoms with van der Waals surface area (Å²) >= 11 is 0. The Labute approximate surface area is 139 Å². The summed E-state index contributed by atoms with van der Waals surface area (Å²) in [5.74, 6) is -1.74. The highest BCUT2D eigenvalue weighted by molar-refractivity contribution is 6.05. The molecule has 0 fully saturated rings. The van der Waals surface area contributed by atoms with Crippen LogP contribution in [0.25, 0.3) is 10.8 Å². The van der Waals surface area contributed by atoms with Gasteiger partial charge in [-0.2, -0.15) is 5.10 Å². The molecule has 0 spiro atoms. The smallest absolute Gasteiger partial charge is 0.325 e. The lowest BCUT2D eigenvalue weighted by Crippen LogP contribution is -2.40. The van der Waals surface area contributed by atoms with Crippen LogP contribution in [0.4, 0.5) is 0 Å². The van der Waals surface area contributed by atoms with Crippen LogP contribution in [-0.4, -0.2) is 32.8 Å². The Bertz CT molecular complexity index is 813. The van der Waals surface area contributed by atoms with Gasteiger partial charge in [0.25, 0.3) is 11.5 Å². The second-order valence-electron chi connectivity index (χ2n) is 5.66. The first-order valence-corrected chi connectivity index (χ1v) is 7.99. The van der Waals surface area contributed by atoms with Crippen LogP contribution in [0.3, 0.4) is 0 Å². The van der Waals surface area contributed by atoms with Crippen LogP contribution in [0.15, 0.2) is 29.1 Å². The van der Waals surface area contributed by atoms with Crippen LogP contribution >= 0.6 is 0 Å². The molecule has 0 aliphatic carbocycles. The first-order valence-electron chi connectivity index (χ1n) is 7.99. The fourth-order valence-electron chi connectivity index (χ4n) is 2.39. The number of aryl methyl sites for hydroxylation is 1. The number of amides is 1. The number of aliphatic carboxylic acids is 1. The lowest BCUT2D eigenvalue weighted by atomic mass is 10.1. The summed E-state index contributed by atoms with van der Waals surface area (Å²) in [6, 6.07) is 5.68. The van der Waals surface area contributed by atoms with Crippen molar-refractivity contribution in [1.82, 2.24) is 15.1 Å². The van der Waals surface area contributed by atoms with Gasteiger partial charge >= 0.3 is 5.97 Å². The maximum atomic E-state index is 12.5. The molecule has 0 radical (unpaired) electrons. The number of carbonyl (C=O) groups is 2. The summed E-state index contributed by atoms with van der Waals surface area (Å²) in [6.07, 6.45) is 2.75. The van der Waals surface area contributed by atoms with Crippen LogP contribution in [0.1, 0.15) is 43.6 Å². The molecule has 1 heterocycles. The molecule has 128 valence electrons. The molecule has 0 aliphatic rings. The minimum absolute atomic E-state index is 0.0646. The molecule has 1 unspecified atom stereocenters. The Morgan fingerprint density at radius 3 is 2.54 bits per heavy atom. The number of hydrogen-bond donors (Lipinski definition) is 2. The average molecular weight is 331 g/mol. The molecule has 1 amide bonds. The van der Waals surface area contributed by atoms with Crippen molar-refractivity contribution in [3.8, 4) is 0 Å². The maximum Gasteiger partial charge on any atom is 0.325 e. The standard InChI is InChI=1S/C17H21N3O4/c1-3-4-7-10-20-16(22)13-9-6-5-8-12(13)14(19-20)15(21)18-11(2)17(23)24/h5-6,8-9,11H,3-4,7,10H2,1-2H3,(H,18,21)(H,23,24). The zero-order valence-electron chi connectivity index (χ0n) is 13.8. The Balaban J connectivity index is 2.47. The fourth-order valence-corrected chi connectivity index (χ4v) is 2.39. The molecule has 7 heteroatoms.